The number of esters is 2. The molecule has 2 saturated carbocycles. The van der Waals surface area contributed by atoms with Gasteiger partial charge in [-0.05, 0) is 233 Å². The normalized spacial score (nSPS) is 19.8. The largest absolute Gasteiger partial charge is 0.508 e. The number of aromatic hydroxyl groups is 1. The second kappa shape index (κ2) is 21.7. The monoisotopic (exact) mass is 1010 g/mol. The molecule has 0 bridgehead atoms. The lowest BCUT2D eigenvalue weighted by molar-refractivity contribution is -0.145. The van der Waals surface area contributed by atoms with Gasteiger partial charge in [-0.3, -0.25) is 9.59 Å². The summed E-state index contributed by atoms with van der Waals surface area (Å²) in [6.07, 6.45) is 4.80. The zero-order chi connectivity index (χ0) is 53.3. The first-order valence-electron chi connectivity index (χ1n) is 26.3. The summed E-state index contributed by atoms with van der Waals surface area (Å²) in [7, 11) is 0. The van der Waals surface area contributed by atoms with E-state index in [-0.39, 0.29) is 60.2 Å². The van der Waals surface area contributed by atoms with Crippen LogP contribution in [0.5, 0.6) is 23.0 Å². The van der Waals surface area contributed by atoms with E-state index in [1.807, 2.05) is 126 Å². The van der Waals surface area contributed by atoms with Gasteiger partial charge in [0.2, 0.25) is 0 Å². The number of hydrogen-bond acceptors (Lipinski definition) is 11. The number of aliphatic hydroxyl groups is 1. The fourth-order valence-corrected chi connectivity index (χ4v) is 11.4. The molecule has 0 amide bonds. The standard InChI is InChI=1S/C34H37NO5.C30H29NO4/c1-6-38-33(36)29-17-28(29)22-7-10-24(11-8-22)40-30-14-13-27-26(30)12-9-23(18-35)32(27)31-20(2)15-25(16-21(31)3)39-19-34(4,5)37;1-4-34-30(33)26-15-25(26)19-5-8-22(9-6-19)35-27-12-11-24-23(27)10-7-20(16-31)29(24)28-17(2)13-21(32)14-18(28)3/h7-12,15-16,28-30,37H,6,13-14,17,19H2,1-5H3;5-10,13-14,25-27,32H,4,11-12,15H2,1-3H3/t28-,29+,30-;25-,26+,27-/m11/s1. The van der Waals surface area contributed by atoms with E-state index in [0.29, 0.717) is 30.1 Å². The Morgan fingerprint density at radius 2 is 0.987 bits per heavy atom. The summed E-state index contributed by atoms with van der Waals surface area (Å²) >= 11 is 0. The van der Waals surface area contributed by atoms with E-state index in [1.54, 1.807) is 26.0 Å². The molecule has 0 radical (unpaired) electrons. The first-order valence-corrected chi connectivity index (χ1v) is 26.3. The van der Waals surface area contributed by atoms with Gasteiger partial charge in [-0.2, -0.15) is 10.5 Å². The number of phenolic OH excluding ortho intramolecular Hbond substituents is 1. The van der Waals surface area contributed by atoms with Crippen molar-refractivity contribution in [3.8, 4) is 57.4 Å². The third kappa shape index (κ3) is 11.3. The maximum absolute atomic E-state index is 12.0. The maximum atomic E-state index is 12.0. The van der Waals surface area contributed by atoms with Gasteiger partial charge in [0.1, 0.15) is 41.8 Å². The molecule has 4 aliphatic carbocycles. The molecule has 11 nitrogen and oxygen atoms in total. The summed E-state index contributed by atoms with van der Waals surface area (Å²) in [4.78, 5) is 24.0. The van der Waals surface area contributed by atoms with E-state index in [0.717, 1.165) is 128 Å². The van der Waals surface area contributed by atoms with Crippen molar-refractivity contribution < 1.29 is 43.5 Å². The number of phenols is 1. The number of hydrogen-bond donors (Lipinski definition) is 2. The van der Waals surface area contributed by atoms with Crippen LogP contribution < -0.4 is 14.2 Å². The third-order valence-electron chi connectivity index (χ3n) is 15.0. The summed E-state index contributed by atoms with van der Waals surface area (Å²) in [5, 5.41) is 39.9. The molecule has 6 aromatic rings. The Kier molecular flexibility index (Phi) is 15.1. The van der Waals surface area contributed by atoms with Crippen molar-refractivity contribution in [1.29, 1.82) is 10.5 Å². The van der Waals surface area contributed by atoms with Crippen molar-refractivity contribution in [3.63, 3.8) is 0 Å². The number of aryl methyl sites for hydroxylation is 4. The van der Waals surface area contributed by atoms with Gasteiger partial charge in [-0.1, -0.05) is 36.4 Å². The molecular formula is C64H66N2O9. The van der Waals surface area contributed by atoms with Gasteiger partial charge in [0.05, 0.1) is 53.9 Å². The van der Waals surface area contributed by atoms with E-state index in [1.165, 1.54) is 0 Å². The van der Waals surface area contributed by atoms with Crippen LogP contribution in [0, 0.1) is 62.2 Å². The quantitative estimate of drug-likeness (QED) is 0.0939. The predicted octanol–water partition coefficient (Wildman–Crippen LogP) is 13.0. The van der Waals surface area contributed by atoms with E-state index < -0.39 is 5.60 Å². The Morgan fingerprint density at radius 3 is 1.36 bits per heavy atom. The average Bonchev–Trinajstić information content (AvgIpc) is 4.29. The molecule has 2 N–H and O–H groups in total. The van der Waals surface area contributed by atoms with Crippen LogP contribution in [-0.2, 0) is 31.9 Å². The molecule has 0 spiro atoms. The van der Waals surface area contributed by atoms with Crippen molar-refractivity contribution in [1.82, 2.24) is 0 Å². The van der Waals surface area contributed by atoms with Gasteiger partial charge in [0.15, 0.2) is 0 Å². The lowest BCUT2D eigenvalue weighted by Gasteiger charge is -2.21. The van der Waals surface area contributed by atoms with Crippen LogP contribution in [0.3, 0.4) is 0 Å². The lowest BCUT2D eigenvalue weighted by Crippen LogP contribution is -2.27. The fraction of sp³-hybridized carbons (Fsp3) is 0.375. The molecule has 386 valence electrons. The molecule has 0 aromatic heterocycles. The van der Waals surface area contributed by atoms with E-state index in [9.17, 15) is 30.3 Å². The number of fused-ring (bicyclic) bond motifs is 2. The molecule has 2 fully saturated rings. The molecule has 0 aliphatic heterocycles. The van der Waals surface area contributed by atoms with Crippen molar-refractivity contribution >= 4 is 11.9 Å². The van der Waals surface area contributed by atoms with Crippen molar-refractivity contribution in [2.45, 2.75) is 124 Å². The summed E-state index contributed by atoms with van der Waals surface area (Å²) in [5.74, 6) is 2.72. The van der Waals surface area contributed by atoms with E-state index >= 15 is 0 Å². The molecule has 75 heavy (non-hydrogen) atoms. The van der Waals surface area contributed by atoms with Gasteiger partial charge in [-0.15, -0.1) is 0 Å². The Balaban J connectivity index is 0.000000185. The summed E-state index contributed by atoms with van der Waals surface area (Å²) in [6.45, 7) is 16.2. The molecule has 0 unspecified atom stereocenters. The number of carbonyl (C=O) groups excluding carboxylic acids is 2. The van der Waals surface area contributed by atoms with Crippen LogP contribution >= 0.6 is 0 Å². The average molecular weight is 1010 g/mol. The Labute approximate surface area is 440 Å². The highest BCUT2D eigenvalue weighted by molar-refractivity contribution is 5.83. The van der Waals surface area contributed by atoms with E-state index in [4.69, 9.17) is 23.7 Å². The van der Waals surface area contributed by atoms with Crippen molar-refractivity contribution in [2.24, 2.45) is 11.8 Å². The van der Waals surface area contributed by atoms with Crippen LogP contribution in [0.4, 0.5) is 0 Å². The minimum atomic E-state index is -0.924. The number of nitrogens with zero attached hydrogens (tertiary/aromatic N) is 2. The summed E-state index contributed by atoms with van der Waals surface area (Å²) in [5.41, 5.74) is 15.1. The molecular weight excluding hydrogens is 941 g/mol. The number of rotatable bonds is 15. The molecule has 0 heterocycles. The first-order chi connectivity index (χ1) is 36.0. The number of ether oxygens (including phenoxy) is 5. The van der Waals surface area contributed by atoms with Gasteiger partial charge >= 0.3 is 11.9 Å². The van der Waals surface area contributed by atoms with Crippen LogP contribution in [0.15, 0.2) is 97.1 Å². The van der Waals surface area contributed by atoms with Gasteiger partial charge < -0.3 is 33.9 Å². The number of carbonyl (C=O) groups is 2. The topological polar surface area (TPSA) is 168 Å². The molecule has 11 heteroatoms. The van der Waals surface area contributed by atoms with Gasteiger partial charge in [0, 0.05) is 11.1 Å². The minimum absolute atomic E-state index is 0.0250. The third-order valence-corrected chi connectivity index (χ3v) is 15.0. The second-order valence-corrected chi connectivity index (χ2v) is 21.2. The van der Waals surface area contributed by atoms with Crippen molar-refractivity contribution in [3.05, 3.63) is 164 Å². The molecule has 4 aliphatic rings. The van der Waals surface area contributed by atoms with Crippen LogP contribution in [0.1, 0.15) is 144 Å². The molecule has 6 atom stereocenters. The summed E-state index contributed by atoms with van der Waals surface area (Å²) in [6, 6.07) is 36.2. The molecule has 10 rings (SSSR count). The smallest absolute Gasteiger partial charge is 0.309 e. The van der Waals surface area contributed by atoms with Gasteiger partial charge in [0.25, 0.3) is 0 Å². The first kappa shape index (κ1) is 52.3. The lowest BCUT2D eigenvalue weighted by atomic mass is 9.87. The zero-order valence-corrected chi connectivity index (χ0v) is 44.2. The Morgan fingerprint density at radius 1 is 0.587 bits per heavy atom. The van der Waals surface area contributed by atoms with Crippen LogP contribution in [0.25, 0.3) is 22.3 Å². The highest BCUT2D eigenvalue weighted by Crippen LogP contribution is 2.51. The van der Waals surface area contributed by atoms with E-state index in [2.05, 4.69) is 12.1 Å². The predicted molar refractivity (Wildman–Crippen MR) is 287 cm³/mol. The van der Waals surface area contributed by atoms with Crippen LogP contribution in [-0.4, -0.2) is 47.6 Å². The highest BCUT2D eigenvalue weighted by Gasteiger charge is 2.46. The molecule has 0 saturated heterocycles. The van der Waals surface area contributed by atoms with Crippen LogP contribution in [0.2, 0.25) is 0 Å². The second-order valence-electron chi connectivity index (χ2n) is 21.2. The number of benzene rings is 6. The van der Waals surface area contributed by atoms with Gasteiger partial charge in [-0.25, -0.2) is 0 Å². The Hall–Kier alpha value is -7.60. The SMILES string of the molecule is CCOC(=O)[C@H]1C[C@@H]1c1ccc(O[C@@H]2CCc3c2ccc(C#N)c3-c2c(C)cc(O)cc2C)cc1.CCOC(=O)[C@H]1C[C@@H]1c1ccc(O[C@@H]2CCc3c2ccc(C#N)c3-c2c(C)cc(OCC(C)(C)O)cc2C)cc1. The summed E-state index contributed by atoms with van der Waals surface area (Å²) < 4.78 is 29.0. The Bertz CT molecular complexity index is 3180. The maximum Gasteiger partial charge on any atom is 0.309 e. The van der Waals surface area contributed by atoms with Crippen molar-refractivity contribution in [2.75, 3.05) is 19.8 Å². The zero-order valence-electron chi connectivity index (χ0n) is 44.2. The molecule has 6 aromatic carbocycles. The fourth-order valence-electron chi connectivity index (χ4n) is 11.4. The number of nitriles is 2. The highest BCUT2D eigenvalue weighted by atomic mass is 16.5. The minimum Gasteiger partial charge on any atom is -0.508 e.